The highest BCUT2D eigenvalue weighted by Gasteiger charge is 2.16. The van der Waals surface area contributed by atoms with Gasteiger partial charge in [-0.15, -0.1) is 0 Å². The molecule has 0 aliphatic heterocycles. The molecular weight excluding hydrogens is 278 g/mol. The Morgan fingerprint density at radius 1 is 1.35 bits per heavy atom. The van der Waals surface area contributed by atoms with Gasteiger partial charge in [-0.25, -0.2) is 4.79 Å². The lowest BCUT2D eigenvalue weighted by Gasteiger charge is -2.20. The van der Waals surface area contributed by atoms with Crippen LogP contribution in [0.4, 0.5) is 4.79 Å². The first kappa shape index (κ1) is 16.6. The molecule has 0 saturated heterocycles. The van der Waals surface area contributed by atoms with Crippen molar-refractivity contribution in [2.45, 2.75) is 52.9 Å². The third-order valence-electron chi connectivity index (χ3n) is 2.21. The fraction of sp³-hybridized carbons (Fsp3) is 0.533. The molecule has 1 rings (SSSR count). The fourth-order valence-corrected chi connectivity index (χ4v) is 1.73. The predicted molar refractivity (Wildman–Crippen MR) is 80.3 cm³/mol. The quantitative estimate of drug-likeness (QED) is 0.908. The minimum Gasteiger partial charge on any atom is -0.491 e. The second-order valence-electron chi connectivity index (χ2n) is 5.77. The standard InChI is InChI=1S/C15H22ClNO3/c1-10(2)19-13-7-6-12(16)8-11(13)9-17-14(18)20-15(3,4)5/h6-8,10H,9H2,1-5H3,(H,17,18). The monoisotopic (exact) mass is 299 g/mol. The van der Waals surface area contributed by atoms with Gasteiger partial charge >= 0.3 is 6.09 Å². The molecule has 0 bridgehead atoms. The van der Waals surface area contributed by atoms with E-state index in [1.807, 2.05) is 34.6 Å². The first-order chi connectivity index (χ1) is 9.17. The van der Waals surface area contributed by atoms with Gasteiger partial charge in [-0.05, 0) is 52.8 Å². The van der Waals surface area contributed by atoms with E-state index in [9.17, 15) is 4.79 Å². The largest absolute Gasteiger partial charge is 0.491 e. The second kappa shape index (κ2) is 6.84. The zero-order valence-electron chi connectivity index (χ0n) is 12.6. The lowest BCUT2D eigenvalue weighted by molar-refractivity contribution is 0.0523. The molecule has 0 heterocycles. The van der Waals surface area contributed by atoms with Crippen LogP contribution in [0.2, 0.25) is 5.02 Å². The highest BCUT2D eigenvalue weighted by atomic mass is 35.5. The summed E-state index contributed by atoms with van der Waals surface area (Å²) in [4.78, 5) is 11.6. The van der Waals surface area contributed by atoms with Gasteiger partial charge in [-0.2, -0.15) is 0 Å². The van der Waals surface area contributed by atoms with Crippen LogP contribution in [-0.4, -0.2) is 17.8 Å². The van der Waals surface area contributed by atoms with Crippen molar-refractivity contribution in [3.05, 3.63) is 28.8 Å². The Kier molecular flexibility index (Phi) is 5.69. The molecule has 0 radical (unpaired) electrons. The van der Waals surface area contributed by atoms with Crippen LogP contribution in [-0.2, 0) is 11.3 Å². The topological polar surface area (TPSA) is 47.6 Å². The van der Waals surface area contributed by atoms with Gasteiger partial charge in [0.2, 0.25) is 0 Å². The molecule has 0 fully saturated rings. The van der Waals surface area contributed by atoms with Gasteiger partial charge in [0.15, 0.2) is 0 Å². The number of nitrogens with one attached hydrogen (secondary N) is 1. The number of benzene rings is 1. The molecule has 5 heteroatoms. The summed E-state index contributed by atoms with van der Waals surface area (Å²) in [6.45, 7) is 9.65. The van der Waals surface area contributed by atoms with Crippen molar-refractivity contribution in [3.8, 4) is 5.75 Å². The molecule has 20 heavy (non-hydrogen) atoms. The average Bonchev–Trinajstić information content (AvgIpc) is 2.26. The SMILES string of the molecule is CC(C)Oc1ccc(Cl)cc1CNC(=O)OC(C)(C)C. The summed E-state index contributed by atoms with van der Waals surface area (Å²) in [5, 5.41) is 3.30. The van der Waals surface area contributed by atoms with Crippen molar-refractivity contribution >= 4 is 17.7 Å². The molecule has 1 N–H and O–H groups in total. The van der Waals surface area contributed by atoms with E-state index in [1.54, 1.807) is 18.2 Å². The number of carbonyl (C=O) groups is 1. The minimum atomic E-state index is -0.518. The Morgan fingerprint density at radius 3 is 2.55 bits per heavy atom. The maximum absolute atomic E-state index is 11.6. The highest BCUT2D eigenvalue weighted by Crippen LogP contribution is 2.24. The maximum Gasteiger partial charge on any atom is 0.407 e. The van der Waals surface area contributed by atoms with Crippen molar-refractivity contribution in [3.63, 3.8) is 0 Å². The van der Waals surface area contributed by atoms with Crippen LogP contribution < -0.4 is 10.1 Å². The van der Waals surface area contributed by atoms with E-state index < -0.39 is 11.7 Å². The Morgan fingerprint density at radius 2 is 2.00 bits per heavy atom. The molecule has 1 amide bonds. The van der Waals surface area contributed by atoms with E-state index in [-0.39, 0.29) is 6.10 Å². The Bertz CT molecular complexity index is 467. The fourth-order valence-electron chi connectivity index (χ4n) is 1.54. The second-order valence-corrected chi connectivity index (χ2v) is 6.21. The van der Waals surface area contributed by atoms with Gasteiger partial charge < -0.3 is 14.8 Å². The molecule has 1 aromatic carbocycles. The van der Waals surface area contributed by atoms with Crippen molar-refractivity contribution in [2.24, 2.45) is 0 Å². The van der Waals surface area contributed by atoms with E-state index in [1.165, 1.54) is 0 Å². The van der Waals surface area contributed by atoms with Gasteiger partial charge in [-0.3, -0.25) is 0 Å². The number of rotatable bonds is 4. The minimum absolute atomic E-state index is 0.0523. The van der Waals surface area contributed by atoms with Gasteiger partial charge in [-0.1, -0.05) is 11.6 Å². The van der Waals surface area contributed by atoms with E-state index in [0.717, 1.165) is 5.56 Å². The molecule has 4 nitrogen and oxygen atoms in total. The van der Waals surface area contributed by atoms with Crippen LogP contribution in [0.5, 0.6) is 5.75 Å². The smallest absolute Gasteiger partial charge is 0.407 e. The first-order valence-corrected chi connectivity index (χ1v) is 6.97. The van der Waals surface area contributed by atoms with Crippen LogP contribution >= 0.6 is 11.6 Å². The number of amides is 1. The molecule has 0 aliphatic rings. The zero-order valence-corrected chi connectivity index (χ0v) is 13.4. The molecule has 1 aromatic rings. The number of alkyl carbamates (subject to hydrolysis) is 1. The highest BCUT2D eigenvalue weighted by molar-refractivity contribution is 6.30. The summed E-state index contributed by atoms with van der Waals surface area (Å²) in [7, 11) is 0. The van der Waals surface area contributed by atoms with Gasteiger partial charge in [0.1, 0.15) is 11.4 Å². The maximum atomic E-state index is 11.6. The third-order valence-corrected chi connectivity index (χ3v) is 2.44. The number of carbonyl (C=O) groups excluding carboxylic acids is 1. The number of ether oxygens (including phenoxy) is 2. The zero-order chi connectivity index (χ0) is 15.3. The Hall–Kier alpha value is -1.42. The predicted octanol–water partition coefficient (Wildman–Crippen LogP) is 4.15. The van der Waals surface area contributed by atoms with Crippen LogP contribution in [0.25, 0.3) is 0 Å². The molecule has 0 saturated carbocycles. The van der Waals surface area contributed by atoms with Crippen molar-refractivity contribution in [1.82, 2.24) is 5.32 Å². The van der Waals surface area contributed by atoms with Crippen LogP contribution in [0.3, 0.4) is 0 Å². The summed E-state index contributed by atoms with van der Waals surface area (Å²) in [5.74, 6) is 0.709. The summed E-state index contributed by atoms with van der Waals surface area (Å²) >= 11 is 5.98. The van der Waals surface area contributed by atoms with Gasteiger partial charge in [0, 0.05) is 17.1 Å². The Balaban J connectivity index is 2.71. The lowest BCUT2D eigenvalue weighted by Crippen LogP contribution is -2.32. The van der Waals surface area contributed by atoms with Crippen molar-refractivity contribution in [1.29, 1.82) is 0 Å². The number of hydrogen-bond acceptors (Lipinski definition) is 3. The first-order valence-electron chi connectivity index (χ1n) is 6.59. The van der Waals surface area contributed by atoms with Crippen LogP contribution in [0.15, 0.2) is 18.2 Å². The summed E-state index contributed by atoms with van der Waals surface area (Å²) < 4.78 is 10.9. The molecule has 0 aliphatic carbocycles. The third kappa shape index (κ3) is 6.15. The van der Waals surface area contributed by atoms with Crippen LogP contribution in [0.1, 0.15) is 40.2 Å². The van der Waals surface area contributed by atoms with E-state index in [0.29, 0.717) is 17.3 Å². The van der Waals surface area contributed by atoms with Gasteiger partial charge in [0.05, 0.1) is 6.10 Å². The summed E-state index contributed by atoms with van der Waals surface area (Å²) in [5.41, 5.74) is 0.299. The molecule has 0 atom stereocenters. The van der Waals surface area contributed by atoms with E-state index in [2.05, 4.69) is 5.32 Å². The number of halogens is 1. The van der Waals surface area contributed by atoms with E-state index in [4.69, 9.17) is 21.1 Å². The Labute approximate surface area is 125 Å². The summed E-state index contributed by atoms with van der Waals surface area (Å²) in [6, 6.07) is 5.33. The normalized spacial score (nSPS) is 11.3. The van der Waals surface area contributed by atoms with Crippen molar-refractivity contribution < 1.29 is 14.3 Å². The van der Waals surface area contributed by atoms with Crippen molar-refractivity contribution in [2.75, 3.05) is 0 Å². The average molecular weight is 300 g/mol. The van der Waals surface area contributed by atoms with Gasteiger partial charge in [0.25, 0.3) is 0 Å². The lowest BCUT2D eigenvalue weighted by atomic mass is 10.2. The molecular formula is C15H22ClNO3. The summed E-state index contributed by atoms with van der Waals surface area (Å²) in [6.07, 6.45) is -0.413. The molecule has 0 unspecified atom stereocenters. The van der Waals surface area contributed by atoms with E-state index >= 15 is 0 Å². The van der Waals surface area contributed by atoms with Crippen LogP contribution in [0, 0.1) is 0 Å². The molecule has 0 spiro atoms. The molecule has 0 aromatic heterocycles. The number of hydrogen-bond donors (Lipinski definition) is 1. The molecule has 112 valence electrons.